The van der Waals surface area contributed by atoms with Crippen LogP contribution in [0.4, 0.5) is 4.79 Å². The van der Waals surface area contributed by atoms with Crippen LogP contribution in [0.25, 0.3) is 11.0 Å². The van der Waals surface area contributed by atoms with Crippen molar-refractivity contribution < 1.29 is 24.2 Å². The summed E-state index contributed by atoms with van der Waals surface area (Å²) in [5.74, 6) is 2.88. The van der Waals surface area contributed by atoms with Gasteiger partial charge in [0.1, 0.15) is 35.4 Å². The number of nitrogens with zero attached hydrogens (tertiary/aromatic N) is 2. The number of rotatable bonds is 7. The molecule has 8 nitrogen and oxygen atoms in total. The van der Waals surface area contributed by atoms with E-state index in [-0.39, 0.29) is 28.6 Å². The largest absolute Gasteiger partial charge is 0.507 e. The van der Waals surface area contributed by atoms with Crippen molar-refractivity contribution in [3.8, 4) is 23.0 Å². The first-order valence-corrected chi connectivity index (χ1v) is 14.8. The molecule has 220 valence electrons. The van der Waals surface area contributed by atoms with Gasteiger partial charge in [-0.15, -0.1) is 0 Å². The van der Waals surface area contributed by atoms with Crippen molar-refractivity contribution in [3.05, 3.63) is 77.1 Å². The summed E-state index contributed by atoms with van der Waals surface area (Å²) in [5.41, 5.74) is 3.88. The van der Waals surface area contributed by atoms with Gasteiger partial charge in [-0.2, -0.15) is 0 Å². The van der Waals surface area contributed by atoms with Crippen molar-refractivity contribution >= 4 is 33.9 Å². The number of fused-ring (bicyclic) bond motifs is 1. The average molecular weight is 588 g/mol. The fraction of sp³-hybridized carbons (Fsp3) is 0.364. The van der Waals surface area contributed by atoms with Gasteiger partial charge in [0.15, 0.2) is 0 Å². The fourth-order valence-electron chi connectivity index (χ4n) is 4.97. The predicted molar refractivity (Wildman–Crippen MR) is 166 cm³/mol. The van der Waals surface area contributed by atoms with Crippen LogP contribution in [-0.2, 0) is 35.7 Å². The molecule has 3 aromatic carbocycles. The molecule has 0 radical (unpaired) electrons. The van der Waals surface area contributed by atoms with E-state index < -0.39 is 5.25 Å². The second kappa shape index (κ2) is 11.0. The second-order valence-corrected chi connectivity index (χ2v) is 13.9. The molecule has 1 aromatic heterocycles. The standard InChI is InChI=1S/C33H37N3O5S/c1-32(2,3)23-15-22(16-24(29(23)37)33(4,5)6)41-21-12-13-25-26(17-21)36(7)28(34-25)18-40-20-10-8-19(9-11-20)14-27-30(38)35-31(39)42-27/h8-13,15-17,27,37H,14,18H2,1-7H3,(H,35,38,39). The Kier molecular flexibility index (Phi) is 7.74. The maximum absolute atomic E-state index is 11.8. The van der Waals surface area contributed by atoms with Crippen LogP contribution in [0.15, 0.2) is 54.6 Å². The molecule has 1 aliphatic rings. The minimum Gasteiger partial charge on any atom is -0.507 e. The number of phenols is 1. The molecule has 1 atom stereocenters. The maximum Gasteiger partial charge on any atom is 0.286 e. The highest BCUT2D eigenvalue weighted by atomic mass is 32.2. The normalized spacial score (nSPS) is 15.7. The Labute approximate surface area is 250 Å². The molecule has 9 heteroatoms. The number of amides is 2. The van der Waals surface area contributed by atoms with Crippen molar-refractivity contribution in [2.75, 3.05) is 0 Å². The number of aromatic nitrogens is 2. The number of carbonyl (C=O) groups excluding carboxylic acids is 2. The van der Waals surface area contributed by atoms with Crippen LogP contribution in [0.2, 0.25) is 0 Å². The number of ether oxygens (including phenoxy) is 2. The van der Waals surface area contributed by atoms with E-state index in [0.29, 0.717) is 29.4 Å². The summed E-state index contributed by atoms with van der Waals surface area (Å²) in [4.78, 5) is 28.0. The van der Waals surface area contributed by atoms with Gasteiger partial charge in [-0.25, -0.2) is 4.98 Å². The van der Waals surface area contributed by atoms with Gasteiger partial charge in [-0.3, -0.25) is 14.9 Å². The van der Waals surface area contributed by atoms with Crippen LogP contribution in [0.5, 0.6) is 23.0 Å². The average Bonchev–Trinajstić information content (AvgIpc) is 3.39. The summed E-state index contributed by atoms with van der Waals surface area (Å²) < 4.78 is 14.4. The number of nitrogens with one attached hydrogen (secondary N) is 1. The number of imide groups is 1. The molecule has 2 amide bonds. The lowest BCUT2D eigenvalue weighted by Gasteiger charge is -2.28. The molecule has 1 aliphatic heterocycles. The van der Waals surface area contributed by atoms with Crippen molar-refractivity contribution in [3.63, 3.8) is 0 Å². The molecule has 4 aromatic rings. The number of aryl methyl sites for hydroxylation is 1. The van der Waals surface area contributed by atoms with Gasteiger partial charge in [0.05, 0.1) is 16.3 Å². The highest BCUT2D eigenvalue weighted by Crippen LogP contribution is 2.42. The summed E-state index contributed by atoms with van der Waals surface area (Å²) in [6.45, 7) is 12.8. The van der Waals surface area contributed by atoms with E-state index in [9.17, 15) is 14.7 Å². The third-order valence-corrected chi connectivity index (χ3v) is 8.34. The zero-order valence-electron chi connectivity index (χ0n) is 25.1. The van der Waals surface area contributed by atoms with Crippen LogP contribution in [-0.4, -0.2) is 31.1 Å². The van der Waals surface area contributed by atoms with Gasteiger partial charge in [0.2, 0.25) is 5.91 Å². The van der Waals surface area contributed by atoms with E-state index in [1.807, 2.05) is 66.2 Å². The summed E-state index contributed by atoms with van der Waals surface area (Å²) in [6, 6.07) is 17.2. The topological polar surface area (TPSA) is 103 Å². The smallest absolute Gasteiger partial charge is 0.286 e. The molecular formula is C33H37N3O5S. The van der Waals surface area contributed by atoms with E-state index in [4.69, 9.17) is 14.5 Å². The lowest BCUT2D eigenvalue weighted by atomic mass is 9.79. The molecule has 1 saturated heterocycles. The summed E-state index contributed by atoms with van der Waals surface area (Å²) in [5, 5.41) is 12.7. The van der Waals surface area contributed by atoms with E-state index in [1.54, 1.807) is 0 Å². The minimum absolute atomic E-state index is 0.242. The lowest BCUT2D eigenvalue weighted by Crippen LogP contribution is -2.25. The molecule has 0 saturated carbocycles. The van der Waals surface area contributed by atoms with Gasteiger partial charge in [0.25, 0.3) is 5.24 Å². The van der Waals surface area contributed by atoms with Crippen molar-refractivity contribution in [2.45, 2.75) is 70.7 Å². The first kappa shape index (κ1) is 29.5. The molecule has 5 rings (SSSR count). The summed E-state index contributed by atoms with van der Waals surface area (Å²) >= 11 is 1.03. The zero-order chi connectivity index (χ0) is 30.4. The SMILES string of the molecule is Cn1c(COc2ccc(CC3SC(=O)NC3=O)cc2)nc2ccc(Oc3cc(C(C)(C)C)c(O)c(C(C)(C)C)c3)cc21. The molecule has 0 aliphatic carbocycles. The monoisotopic (exact) mass is 587 g/mol. The van der Waals surface area contributed by atoms with Gasteiger partial charge in [-0.05, 0) is 59.2 Å². The van der Waals surface area contributed by atoms with Gasteiger partial charge >= 0.3 is 0 Å². The minimum atomic E-state index is -0.395. The molecular weight excluding hydrogens is 550 g/mol. The number of benzene rings is 3. The Balaban J connectivity index is 1.31. The zero-order valence-corrected chi connectivity index (χ0v) is 25.9. The molecule has 1 fully saturated rings. The van der Waals surface area contributed by atoms with Crippen LogP contribution in [0.1, 0.15) is 64.1 Å². The highest BCUT2D eigenvalue weighted by Gasteiger charge is 2.31. The Bertz CT molecular complexity index is 1630. The number of carbonyl (C=O) groups is 2. The number of hydrogen-bond acceptors (Lipinski definition) is 7. The number of phenolic OH excluding ortho intramolecular Hbond substituents is 1. The quantitative estimate of drug-likeness (QED) is 0.237. The fourth-order valence-corrected chi connectivity index (χ4v) is 5.83. The number of hydrogen-bond donors (Lipinski definition) is 2. The third kappa shape index (κ3) is 6.26. The Morgan fingerprint density at radius 3 is 2.10 bits per heavy atom. The maximum atomic E-state index is 11.8. The first-order valence-electron chi connectivity index (χ1n) is 13.9. The summed E-state index contributed by atoms with van der Waals surface area (Å²) in [6.07, 6.45) is 0.483. The Morgan fingerprint density at radius 2 is 1.52 bits per heavy atom. The highest BCUT2D eigenvalue weighted by molar-refractivity contribution is 8.15. The number of imidazole rings is 1. The van der Waals surface area contributed by atoms with Crippen LogP contribution in [0.3, 0.4) is 0 Å². The third-order valence-electron chi connectivity index (χ3n) is 7.36. The van der Waals surface area contributed by atoms with Crippen LogP contribution in [0, 0.1) is 0 Å². The molecule has 1 unspecified atom stereocenters. The first-order chi connectivity index (χ1) is 19.7. The van der Waals surface area contributed by atoms with Crippen LogP contribution < -0.4 is 14.8 Å². The van der Waals surface area contributed by atoms with Gasteiger partial charge in [-0.1, -0.05) is 65.4 Å². The van der Waals surface area contributed by atoms with E-state index in [1.165, 1.54) is 0 Å². The molecule has 42 heavy (non-hydrogen) atoms. The second-order valence-electron chi connectivity index (χ2n) is 12.7. The Hall–Kier alpha value is -3.98. The van der Waals surface area contributed by atoms with E-state index in [0.717, 1.165) is 45.3 Å². The Morgan fingerprint density at radius 1 is 0.905 bits per heavy atom. The van der Waals surface area contributed by atoms with Gasteiger partial charge < -0.3 is 19.1 Å². The molecule has 2 N–H and O–H groups in total. The molecule has 0 spiro atoms. The van der Waals surface area contributed by atoms with E-state index in [2.05, 4.69) is 46.9 Å². The predicted octanol–water partition coefficient (Wildman–Crippen LogP) is 7.14. The van der Waals surface area contributed by atoms with Crippen molar-refractivity contribution in [1.29, 1.82) is 0 Å². The van der Waals surface area contributed by atoms with Crippen LogP contribution >= 0.6 is 11.8 Å². The van der Waals surface area contributed by atoms with Crippen molar-refractivity contribution in [1.82, 2.24) is 14.9 Å². The van der Waals surface area contributed by atoms with Crippen molar-refractivity contribution in [2.24, 2.45) is 7.05 Å². The molecule has 0 bridgehead atoms. The van der Waals surface area contributed by atoms with Gasteiger partial charge in [0, 0.05) is 24.2 Å². The van der Waals surface area contributed by atoms with E-state index >= 15 is 0 Å². The summed E-state index contributed by atoms with van der Waals surface area (Å²) in [7, 11) is 1.95. The molecule has 2 heterocycles. The number of aromatic hydroxyl groups is 1. The number of thioether (sulfide) groups is 1. The lowest BCUT2D eigenvalue weighted by molar-refractivity contribution is -0.118.